The molecule has 10 heteroatoms. The highest BCUT2D eigenvalue weighted by Gasteiger charge is 2.35. The topological polar surface area (TPSA) is 115 Å². The van der Waals surface area contributed by atoms with E-state index < -0.39 is 5.92 Å². The van der Waals surface area contributed by atoms with Crippen LogP contribution in [0.1, 0.15) is 28.9 Å². The molecule has 0 radical (unpaired) electrons. The van der Waals surface area contributed by atoms with Crippen LogP contribution in [0.25, 0.3) is 16.9 Å². The van der Waals surface area contributed by atoms with Crippen molar-refractivity contribution in [1.29, 1.82) is 0 Å². The van der Waals surface area contributed by atoms with Gasteiger partial charge in [-0.2, -0.15) is 5.10 Å². The molecule has 0 unspecified atom stereocenters. The predicted octanol–water partition coefficient (Wildman–Crippen LogP) is 1.85. The number of rotatable bonds is 3. The van der Waals surface area contributed by atoms with Gasteiger partial charge in [0.1, 0.15) is 11.3 Å². The summed E-state index contributed by atoms with van der Waals surface area (Å²) in [6.45, 7) is 0.0912. The Morgan fingerprint density at radius 3 is 2.55 bits per heavy atom. The van der Waals surface area contributed by atoms with E-state index in [0.29, 0.717) is 16.9 Å². The Labute approximate surface area is 164 Å². The van der Waals surface area contributed by atoms with Crippen molar-refractivity contribution in [3.63, 3.8) is 0 Å². The van der Waals surface area contributed by atoms with Gasteiger partial charge in [-0.1, -0.05) is 0 Å². The number of hydrazone groups is 1. The molecule has 4 N–H and O–H groups in total. The van der Waals surface area contributed by atoms with Crippen LogP contribution in [0.15, 0.2) is 48.0 Å². The summed E-state index contributed by atoms with van der Waals surface area (Å²) in [5, 5.41) is 3.41. The molecular formula is C19H19F2N7O. The van der Waals surface area contributed by atoms with E-state index in [-0.39, 0.29) is 37.7 Å². The largest absolute Gasteiger partial charge is 0.380 e. The van der Waals surface area contributed by atoms with Crippen LogP contribution < -0.4 is 11.6 Å². The van der Waals surface area contributed by atoms with E-state index in [1.807, 2.05) is 10.5 Å². The lowest BCUT2D eigenvalue weighted by Gasteiger charge is -2.31. The zero-order chi connectivity index (χ0) is 20.6. The van der Waals surface area contributed by atoms with Gasteiger partial charge in [-0.25, -0.2) is 13.8 Å². The summed E-state index contributed by atoms with van der Waals surface area (Å²) in [6, 6.07) is 6.83. The number of nitrogens with two attached hydrogens (primary N) is 2. The molecule has 4 rings (SSSR count). The summed E-state index contributed by atoms with van der Waals surface area (Å²) >= 11 is 0. The first-order valence-electron chi connectivity index (χ1n) is 9.02. The molecular weight excluding hydrogens is 380 g/mol. The van der Waals surface area contributed by atoms with Crippen molar-refractivity contribution in [1.82, 2.24) is 19.3 Å². The third-order valence-electron chi connectivity index (χ3n) is 5.00. The summed E-state index contributed by atoms with van der Waals surface area (Å²) in [4.78, 5) is 22.7. The molecule has 1 aliphatic heterocycles. The molecule has 1 aliphatic rings. The second kappa shape index (κ2) is 7.12. The minimum Gasteiger partial charge on any atom is -0.380 e. The molecule has 0 aromatic carbocycles. The lowest BCUT2D eigenvalue weighted by molar-refractivity contribution is -0.0494. The number of carbonyl (C=O) groups excluding carboxylic acids is 1. The number of aromatic nitrogens is 3. The van der Waals surface area contributed by atoms with Crippen LogP contribution >= 0.6 is 0 Å². The van der Waals surface area contributed by atoms with E-state index in [9.17, 15) is 13.6 Å². The van der Waals surface area contributed by atoms with Crippen LogP contribution in [-0.2, 0) is 0 Å². The minimum atomic E-state index is -2.69. The van der Waals surface area contributed by atoms with Gasteiger partial charge < -0.3 is 16.5 Å². The molecule has 3 aromatic rings. The first-order chi connectivity index (χ1) is 13.9. The fourth-order valence-electron chi connectivity index (χ4n) is 3.31. The highest BCUT2D eigenvalue weighted by atomic mass is 19.3. The molecule has 1 saturated heterocycles. The van der Waals surface area contributed by atoms with Gasteiger partial charge in [0.15, 0.2) is 5.84 Å². The number of amides is 1. The summed E-state index contributed by atoms with van der Waals surface area (Å²) in [6.07, 6.45) is 4.41. The van der Waals surface area contributed by atoms with Crippen LogP contribution in [-0.4, -0.2) is 50.0 Å². The van der Waals surface area contributed by atoms with Gasteiger partial charge in [0, 0.05) is 49.5 Å². The van der Waals surface area contributed by atoms with Gasteiger partial charge in [-0.15, -0.1) is 0 Å². The van der Waals surface area contributed by atoms with Crippen LogP contribution in [0, 0.1) is 0 Å². The zero-order valence-electron chi connectivity index (χ0n) is 15.4. The number of hydrogen-bond donors (Lipinski definition) is 2. The first kappa shape index (κ1) is 18.8. The smallest absolute Gasteiger partial charge is 0.254 e. The Morgan fingerprint density at radius 1 is 1.14 bits per heavy atom. The Balaban J connectivity index is 1.58. The van der Waals surface area contributed by atoms with Gasteiger partial charge in [-0.3, -0.25) is 14.2 Å². The number of pyridine rings is 2. The van der Waals surface area contributed by atoms with Gasteiger partial charge in [-0.05, 0) is 24.3 Å². The Morgan fingerprint density at radius 2 is 1.90 bits per heavy atom. The van der Waals surface area contributed by atoms with Crippen molar-refractivity contribution in [3.8, 4) is 11.3 Å². The average Bonchev–Trinajstić information content (AvgIpc) is 3.16. The number of nitrogens with zero attached hydrogens (tertiary/aromatic N) is 5. The second-order valence-electron chi connectivity index (χ2n) is 6.88. The number of amidine groups is 1. The van der Waals surface area contributed by atoms with E-state index in [1.54, 1.807) is 36.8 Å². The number of alkyl halides is 2. The molecule has 8 nitrogen and oxygen atoms in total. The number of hydrogen-bond acceptors (Lipinski definition) is 5. The second-order valence-corrected chi connectivity index (χ2v) is 6.88. The summed E-state index contributed by atoms with van der Waals surface area (Å²) < 4.78 is 28.5. The maximum Gasteiger partial charge on any atom is 0.254 e. The molecule has 1 amide bonds. The monoisotopic (exact) mass is 399 g/mol. The molecule has 4 heterocycles. The molecule has 0 bridgehead atoms. The highest BCUT2D eigenvalue weighted by Crippen LogP contribution is 2.28. The molecule has 0 saturated carbocycles. The maximum absolute atomic E-state index is 13.3. The predicted molar refractivity (Wildman–Crippen MR) is 103 cm³/mol. The number of fused-ring (bicyclic) bond motifs is 1. The average molecular weight is 399 g/mol. The van der Waals surface area contributed by atoms with Crippen molar-refractivity contribution in [3.05, 3.63) is 54.1 Å². The SMILES string of the molecule is N/N=C(\N)c1ccc(-c2cnc3cc(C(=O)N4CCC(F)(F)CC4)ccn23)cn1. The summed E-state index contributed by atoms with van der Waals surface area (Å²) in [7, 11) is 0. The molecule has 150 valence electrons. The number of likely N-dealkylation sites (tertiary alicyclic amines) is 1. The van der Waals surface area contributed by atoms with E-state index >= 15 is 0 Å². The fraction of sp³-hybridized carbons (Fsp3) is 0.263. The maximum atomic E-state index is 13.3. The lowest BCUT2D eigenvalue weighted by Crippen LogP contribution is -2.42. The Hall–Kier alpha value is -3.56. The standard InChI is InChI=1S/C19H19F2N7O/c20-19(21)4-7-27(8-5-19)18(29)12-3-6-28-15(11-25-16(28)9-12)13-1-2-14(24-10-13)17(22)26-23/h1-3,6,9-11H,4-5,7-8,23H2,(H2,22,26). The van der Waals surface area contributed by atoms with Gasteiger partial charge in [0.2, 0.25) is 0 Å². The molecule has 0 spiro atoms. The van der Waals surface area contributed by atoms with E-state index in [2.05, 4.69) is 15.1 Å². The minimum absolute atomic E-state index is 0.0456. The van der Waals surface area contributed by atoms with E-state index in [1.165, 1.54) is 4.90 Å². The van der Waals surface area contributed by atoms with Crippen LogP contribution in [0.5, 0.6) is 0 Å². The van der Waals surface area contributed by atoms with Gasteiger partial charge in [0.25, 0.3) is 11.8 Å². The van der Waals surface area contributed by atoms with Gasteiger partial charge >= 0.3 is 0 Å². The molecule has 1 fully saturated rings. The number of carbonyl (C=O) groups is 1. The van der Waals surface area contributed by atoms with Gasteiger partial charge in [0.05, 0.1) is 11.9 Å². The van der Waals surface area contributed by atoms with Crippen molar-refractivity contribution < 1.29 is 13.6 Å². The normalized spacial score (nSPS) is 16.9. The zero-order valence-corrected chi connectivity index (χ0v) is 15.4. The number of piperidine rings is 1. The van der Waals surface area contributed by atoms with E-state index in [4.69, 9.17) is 11.6 Å². The third-order valence-corrected chi connectivity index (χ3v) is 5.00. The highest BCUT2D eigenvalue weighted by molar-refractivity contribution is 5.96. The number of imidazole rings is 1. The lowest BCUT2D eigenvalue weighted by atomic mass is 10.1. The number of halogens is 2. The first-order valence-corrected chi connectivity index (χ1v) is 9.02. The summed E-state index contributed by atoms with van der Waals surface area (Å²) in [5.41, 5.74) is 8.66. The van der Waals surface area contributed by atoms with Crippen LogP contribution in [0.3, 0.4) is 0 Å². The van der Waals surface area contributed by atoms with Crippen molar-refractivity contribution >= 4 is 17.4 Å². The Kier molecular flexibility index (Phi) is 4.61. The summed E-state index contributed by atoms with van der Waals surface area (Å²) in [5.74, 6) is 2.33. The van der Waals surface area contributed by atoms with E-state index in [0.717, 1.165) is 11.3 Å². The molecule has 29 heavy (non-hydrogen) atoms. The molecule has 0 aliphatic carbocycles. The molecule has 0 atom stereocenters. The van der Waals surface area contributed by atoms with Crippen LogP contribution in [0.4, 0.5) is 8.78 Å². The fourth-order valence-corrected chi connectivity index (χ4v) is 3.31. The quantitative estimate of drug-likeness (QED) is 0.302. The molecule has 3 aromatic heterocycles. The van der Waals surface area contributed by atoms with Crippen molar-refractivity contribution in [2.75, 3.05) is 13.1 Å². The van der Waals surface area contributed by atoms with Crippen molar-refractivity contribution in [2.45, 2.75) is 18.8 Å². The van der Waals surface area contributed by atoms with Crippen LogP contribution in [0.2, 0.25) is 0 Å². The van der Waals surface area contributed by atoms with Crippen molar-refractivity contribution in [2.24, 2.45) is 16.7 Å². The third kappa shape index (κ3) is 3.60. The Bertz CT molecular complexity index is 1080.